The van der Waals surface area contributed by atoms with Crippen LogP contribution in [-0.2, 0) is 6.11 Å². The van der Waals surface area contributed by atoms with Crippen LogP contribution in [0.5, 0.6) is 5.75 Å². The molecule has 0 radical (unpaired) electrons. The van der Waals surface area contributed by atoms with E-state index in [2.05, 4.69) is 6.92 Å². The van der Waals surface area contributed by atoms with Crippen molar-refractivity contribution in [2.75, 3.05) is 0 Å². The van der Waals surface area contributed by atoms with Gasteiger partial charge in [0.15, 0.2) is 0 Å². The van der Waals surface area contributed by atoms with E-state index in [1.807, 2.05) is 18.2 Å². The van der Waals surface area contributed by atoms with Crippen LogP contribution in [0.1, 0.15) is 74.5 Å². The van der Waals surface area contributed by atoms with Crippen molar-refractivity contribution in [1.29, 1.82) is 5.26 Å². The molecule has 0 unspecified atom stereocenters. The van der Waals surface area contributed by atoms with Crippen molar-refractivity contribution in [2.45, 2.75) is 63.9 Å². The van der Waals surface area contributed by atoms with Gasteiger partial charge in [-0.1, -0.05) is 38.3 Å². The van der Waals surface area contributed by atoms with Gasteiger partial charge in [-0.25, -0.2) is 0 Å². The summed E-state index contributed by atoms with van der Waals surface area (Å²) in [5.41, 5.74) is 1.40. The summed E-state index contributed by atoms with van der Waals surface area (Å²) in [6.07, 6.45) is 5.23. The Morgan fingerprint density at radius 3 is 2.21 bits per heavy atom. The van der Waals surface area contributed by atoms with E-state index in [9.17, 15) is 8.78 Å². The van der Waals surface area contributed by atoms with Crippen LogP contribution in [-0.4, -0.2) is 0 Å². The highest BCUT2D eigenvalue weighted by Gasteiger charge is 2.34. The SMILES string of the molecule is CCCC[C@H]1CC[C@H](c2ccc(C(F)(F)Oc3ccc(C#N)cc3)cc2)CC1. The molecule has 2 aromatic rings. The second-order valence-electron chi connectivity index (χ2n) is 7.74. The standard InChI is InChI=1S/C24H27F2NO/c1-2-3-4-18-5-9-20(10-6-18)21-11-13-22(14-12-21)24(25,26)28-23-15-7-19(17-27)8-16-23/h7-8,11-16,18,20H,2-6,9-10H2,1H3/t18-,20-. The van der Waals surface area contributed by atoms with Crippen LogP contribution in [0.15, 0.2) is 48.5 Å². The van der Waals surface area contributed by atoms with Crippen LogP contribution in [0, 0.1) is 17.2 Å². The number of hydrogen-bond acceptors (Lipinski definition) is 2. The van der Waals surface area contributed by atoms with Gasteiger partial charge in [-0.2, -0.15) is 14.0 Å². The van der Waals surface area contributed by atoms with E-state index >= 15 is 0 Å². The number of alkyl halides is 2. The summed E-state index contributed by atoms with van der Waals surface area (Å²) in [5.74, 6) is 1.35. The van der Waals surface area contributed by atoms with Crippen LogP contribution >= 0.6 is 0 Å². The molecule has 0 saturated heterocycles. The van der Waals surface area contributed by atoms with Crippen molar-refractivity contribution in [3.63, 3.8) is 0 Å². The maximum atomic E-state index is 14.5. The molecule has 0 N–H and O–H groups in total. The van der Waals surface area contributed by atoms with Crippen LogP contribution in [0.25, 0.3) is 0 Å². The first kappa shape index (κ1) is 20.3. The molecule has 0 bridgehead atoms. The summed E-state index contributed by atoms with van der Waals surface area (Å²) in [7, 11) is 0. The van der Waals surface area contributed by atoms with Crippen LogP contribution in [0.2, 0.25) is 0 Å². The highest BCUT2D eigenvalue weighted by molar-refractivity contribution is 5.35. The third-order valence-electron chi connectivity index (χ3n) is 5.76. The van der Waals surface area contributed by atoms with Crippen molar-refractivity contribution in [2.24, 2.45) is 5.92 Å². The first-order valence-corrected chi connectivity index (χ1v) is 10.2. The lowest BCUT2D eigenvalue weighted by Gasteiger charge is -2.29. The molecule has 2 nitrogen and oxygen atoms in total. The maximum Gasteiger partial charge on any atom is 0.426 e. The van der Waals surface area contributed by atoms with Crippen LogP contribution in [0.3, 0.4) is 0 Å². The van der Waals surface area contributed by atoms with E-state index < -0.39 is 6.11 Å². The number of halogens is 2. The lowest BCUT2D eigenvalue weighted by atomic mass is 9.77. The summed E-state index contributed by atoms with van der Waals surface area (Å²) in [4.78, 5) is 0. The number of nitriles is 1. The molecule has 2 aromatic carbocycles. The number of unbranched alkanes of at least 4 members (excludes halogenated alkanes) is 1. The normalized spacial score (nSPS) is 19.8. The van der Waals surface area contributed by atoms with Gasteiger partial charge in [0.1, 0.15) is 5.75 Å². The van der Waals surface area contributed by atoms with E-state index in [1.54, 1.807) is 0 Å². The van der Waals surface area contributed by atoms with Crippen molar-refractivity contribution >= 4 is 0 Å². The van der Waals surface area contributed by atoms with Crippen molar-refractivity contribution in [1.82, 2.24) is 0 Å². The molecule has 0 spiro atoms. The molecule has 148 valence electrons. The first-order valence-electron chi connectivity index (χ1n) is 10.2. The lowest BCUT2D eigenvalue weighted by Crippen LogP contribution is -2.22. The number of hydrogen-bond donors (Lipinski definition) is 0. The monoisotopic (exact) mass is 383 g/mol. The Balaban J connectivity index is 1.60. The van der Waals surface area contributed by atoms with E-state index in [1.165, 1.54) is 68.5 Å². The molecule has 0 heterocycles. The van der Waals surface area contributed by atoms with Crippen molar-refractivity contribution in [3.8, 4) is 11.8 Å². The molecule has 0 aliphatic heterocycles. The lowest BCUT2D eigenvalue weighted by molar-refractivity contribution is -0.185. The fourth-order valence-corrected chi connectivity index (χ4v) is 4.03. The Hall–Kier alpha value is -2.41. The van der Waals surface area contributed by atoms with Gasteiger partial charge in [-0.3, -0.25) is 0 Å². The molecule has 1 aliphatic rings. The molecular weight excluding hydrogens is 356 g/mol. The maximum absolute atomic E-state index is 14.5. The van der Waals surface area contributed by atoms with E-state index in [0.29, 0.717) is 11.5 Å². The minimum atomic E-state index is -3.41. The average Bonchev–Trinajstić information content (AvgIpc) is 2.73. The number of ether oxygens (including phenoxy) is 1. The number of benzene rings is 2. The van der Waals surface area contributed by atoms with Gasteiger partial charge < -0.3 is 4.74 Å². The largest absolute Gasteiger partial charge is 0.429 e. The van der Waals surface area contributed by atoms with Crippen molar-refractivity contribution in [3.05, 3.63) is 65.2 Å². The predicted molar refractivity (Wildman–Crippen MR) is 106 cm³/mol. The van der Waals surface area contributed by atoms with Gasteiger partial charge in [-0.15, -0.1) is 0 Å². The smallest absolute Gasteiger partial charge is 0.426 e. The number of rotatable bonds is 7. The second-order valence-corrected chi connectivity index (χ2v) is 7.74. The fraction of sp³-hybridized carbons (Fsp3) is 0.458. The average molecular weight is 383 g/mol. The summed E-state index contributed by atoms with van der Waals surface area (Å²) < 4.78 is 33.8. The molecular formula is C24H27F2NO. The zero-order valence-electron chi connectivity index (χ0n) is 16.3. The van der Waals surface area contributed by atoms with Gasteiger partial charge in [-0.05, 0) is 79.5 Å². The molecule has 1 aliphatic carbocycles. The van der Waals surface area contributed by atoms with E-state index in [0.717, 1.165) is 24.3 Å². The molecule has 0 atom stereocenters. The third kappa shape index (κ3) is 5.10. The van der Waals surface area contributed by atoms with Crippen molar-refractivity contribution < 1.29 is 13.5 Å². The van der Waals surface area contributed by atoms with E-state index in [-0.39, 0.29) is 11.3 Å². The summed E-state index contributed by atoms with van der Waals surface area (Å²) in [6.45, 7) is 2.23. The molecule has 28 heavy (non-hydrogen) atoms. The van der Waals surface area contributed by atoms with Gasteiger partial charge in [0.05, 0.1) is 17.2 Å². The van der Waals surface area contributed by atoms with Crippen LogP contribution in [0.4, 0.5) is 8.78 Å². The summed E-state index contributed by atoms with van der Waals surface area (Å²) in [5, 5.41) is 8.79. The molecule has 4 heteroatoms. The van der Waals surface area contributed by atoms with Gasteiger partial charge in [0.25, 0.3) is 0 Å². The van der Waals surface area contributed by atoms with Gasteiger partial charge >= 0.3 is 6.11 Å². The Labute approximate surface area is 166 Å². The Bertz CT molecular complexity index is 785. The van der Waals surface area contributed by atoms with E-state index in [4.69, 9.17) is 10.00 Å². The fourth-order valence-electron chi connectivity index (χ4n) is 4.03. The Morgan fingerprint density at radius 1 is 1.00 bits per heavy atom. The zero-order valence-corrected chi connectivity index (χ0v) is 16.3. The second kappa shape index (κ2) is 9.19. The zero-order chi connectivity index (χ0) is 20.0. The minimum Gasteiger partial charge on any atom is -0.429 e. The summed E-state index contributed by atoms with van der Waals surface area (Å²) >= 11 is 0. The van der Waals surface area contributed by atoms with Crippen LogP contribution < -0.4 is 4.74 Å². The Morgan fingerprint density at radius 2 is 1.64 bits per heavy atom. The van der Waals surface area contributed by atoms with Gasteiger partial charge in [0, 0.05) is 0 Å². The number of nitrogens with zero attached hydrogens (tertiary/aromatic N) is 1. The quantitative estimate of drug-likeness (QED) is 0.508. The topological polar surface area (TPSA) is 33.0 Å². The van der Waals surface area contributed by atoms with Gasteiger partial charge in [0.2, 0.25) is 0 Å². The first-order chi connectivity index (χ1) is 13.5. The minimum absolute atomic E-state index is 0.0403. The molecule has 0 aromatic heterocycles. The highest BCUT2D eigenvalue weighted by Crippen LogP contribution is 2.39. The third-order valence-corrected chi connectivity index (χ3v) is 5.76. The molecule has 1 fully saturated rings. The molecule has 1 saturated carbocycles. The summed E-state index contributed by atoms with van der Waals surface area (Å²) in [6, 6.07) is 14.2. The Kier molecular flexibility index (Phi) is 6.67. The molecule has 3 rings (SSSR count). The predicted octanol–water partition coefficient (Wildman–Crippen LogP) is 7.15. The highest BCUT2D eigenvalue weighted by atomic mass is 19.3. The molecule has 0 amide bonds.